The number of hydrogen-bond acceptors (Lipinski definition) is 6. The third-order valence-electron chi connectivity index (χ3n) is 3.13. The first-order valence-electron chi connectivity index (χ1n) is 6.59. The van der Waals surface area contributed by atoms with Gasteiger partial charge in [0.05, 0.1) is 13.2 Å². The highest BCUT2D eigenvalue weighted by molar-refractivity contribution is 5.91. The maximum Gasteiger partial charge on any atom is 0.326 e. The SMILES string of the molecule is CCC(C)C(NC(=O)C(CO)NC(=O)C(N)CO)C(=O)O. The summed E-state index contributed by atoms with van der Waals surface area (Å²) in [7, 11) is 0. The Morgan fingerprint density at radius 3 is 2.05 bits per heavy atom. The third kappa shape index (κ3) is 6.06. The predicted octanol–water partition coefficient (Wildman–Crippen LogP) is -2.60. The molecule has 0 aliphatic carbocycles. The second-order valence-electron chi connectivity index (χ2n) is 4.74. The number of carboxylic acids is 1. The van der Waals surface area contributed by atoms with Crippen molar-refractivity contribution in [1.29, 1.82) is 0 Å². The molecule has 0 saturated carbocycles. The van der Waals surface area contributed by atoms with Crippen molar-refractivity contribution in [2.45, 2.75) is 38.4 Å². The monoisotopic (exact) mass is 305 g/mol. The highest BCUT2D eigenvalue weighted by Gasteiger charge is 2.29. The van der Waals surface area contributed by atoms with E-state index in [1.54, 1.807) is 13.8 Å². The normalized spacial score (nSPS) is 16.4. The zero-order valence-electron chi connectivity index (χ0n) is 12.1. The number of aliphatic carboxylic acids is 1. The van der Waals surface area contributed by atoms with Crippen molar-refractivity contribution in [3.63, 3.8) is 0 Å². The summed E-state index contributed by atoms with van der Waals surface area (Å²) in [5.41, 5.74) is 5.27. The van der Waals surface area contributed by atoms with E-state index in [9.17, 15) is 14.4 Å². The van der Waals surface area contributed by atoms with Gasteiger partial charge in [0.15, 0.2) is 0 Å². The number of carbonyl (C=O) groups excluding carboxylic acids is 2. The molecule has 0 bridgehead atoms. The van der Waals surface area contributed by atoms with Gasteiger partial charge >= 0.3 is 5.97 Å². The zero-order valence-corrected chi connectivity index (χ0v) is 12.1. The summed E-state index contributed by atoms with van der Waals surface area (Å²) in [5, 5.41) is 31.3. The van der Waals surface area contributed by atoms with Gasteiger partial charge in [-0.25, -0.2) is 4.79 Å². The van der Waals surface area contributed by atoms with Crippen LogP contribution < -0.4 is 16.4 Å². The summed E-state index contributed by atoms with van der Waals surface area (Å²) in [6.07, 6.45) is 0.531. The Labute approximate surface area is 122 Å². The Hall–Kier alpha value is -1.71. The number of rotatable bonds is 9. The minimum absolute atomic E-state index is 0.318. The number of nitrogens with one attached hydrogen (secondary N) is 2. The highest BCUT2D eigenvalue weighted by atomic mass is 16.4. The lowest BCUT2D eigenvalue weighted by molar-refractivity contribution is -0.144. The number of nitrogens with two attached hydrogens (primary N) is 1. The van der Waals surface area contributed by atoms with Gasteiger partial charge < -0.3 is 31.7 Å². The molecule has 0 heterocycles. The molecule has 7 N–H and O–H groups in total. The average Bonchev–Trinajstić information content (AvgIpc) is 2.47. The van der Waals surface area contributed by atoms with E-state index >= 15 is 0 Å². The number of aliphatic hydroxyl groups excluding tert-OH is 2. The number of carbonyl (C=O) groups is 3. The molecule has 0 saturated heterocycles. The first-order valence-corrected chi connectivity index (χ1v) is 6.59. The topological polar surface area (TPSA) is 162 Å². The Bertz CT molecular complexity index is 376. The summed E-state index contributed by atoms with van der Waals surface area (Å²) in [6, 6.07) is -3.68. The fourth-order valence-corrected chi connectivity index (χ4v) is 1.49. The van der Waals surface area contributed by atoms with Crippen molar-refractivity contribution >= 4 is 17.8 Å². The van der Waals surface area contributed by atoms with Gasteiger partial charge in [0, 0.05) is 0 Å². The van der Waals surface area contributed by atoms with Crippen LogP contribution in [0.4, 0.5) is 0 Å². The van der Waals surface area contributed by atoms with E-state index in [0.29, 0.717) is 6.42 Å². The van der Waals surface area contributed by atoms with Crippen LogP contribution in [0.2, 0.25) is 0 Å². The zero-order chi connectivity index (χ0) is 16.6. The van der Waals surface area contributed by atoms with E-state index in [-0.39, 0.29) is 5.92 Å². The molecule has 9 nitrogen and oxygen atoms in total. The summed E-state index contributed by atoms with van der Waals surface area (Å²) >= 11 is 0. The highest BCUT2D eigenvalue weighted by Crippen LogP contribution is 2.08. The predicted molar refractivity (Wildman–Crippen MR) is 73.1 cm³/mol. The molecule has 0 spiro atoms. The van der Waals surface area contributed by atoms with E-state index in [1.165, 1.54) is 0 Å². The Morgan fingerprint density at radius 2 is 1.67 bits per heavy atom. The second kappa shape index (κ2) is 9.27. The van der Waals surface area contributed by atoms with Crippen molar-refractivity contribution in [3.05, 3.63) is 0 Å². The molecule has 0 aromatic heterocycles. The van der Waals surface area contributed by atoms with Crippen molar-refractivity contribution in [3.8, 4) is 0 Å². The van der Waals surface area contributed by atoms with E-state index < -0.39 is 49.1 Å². The molecule has 4 unspecified atom stereocenters. The van der Waals surface area contributed by atoms with Gasteiger partial charge in [-0.15, -0.1) is 0 Å². The molecule has 0 aliphatic heterocycles. The molecule has 0 aromatic carbocycles. The molecule has 0 rings (SSSR count). The lowest BCUT2D eigenvalue weighted by Gasteiger charge is -2.24. The Balaban J connectivity index is 4.77. The van der Waals surface area contributed by atoms with Crippen LogP contribution in [0.25, 0.3) is 0 Å². The molecule has 0 radical (unpaired) electrons. The van der Waals surface area contributed by atoms with Gasteiger partial charge in [0.25, 0.3) is 0 Å². The van der Waals surface area contributed by atoms with Crippen molar-refractivity contribution in [2.75, 3.05) is 13.2 Å². The maximum atomic E-state index is 11.9. The van der Waals surface area contributed by atoms with Gasteiger partial charge in [0.2, 0.25) is 11.8 Å². The average molecular weight is 305 g/mol. The minimum Gasteiger partial charge on any atom is -0.480 e. The summed E-state index contributed by atoms with van der Waals surface area (Å²) in [4.78, 5) is 34.5. The Morgan fingerprint density at radius 1 is 1.10 bits per heavy atom. The Kier molecular flexibility index (Phi) is 8.51. The van der Waals surface area contributed by atoms with Gasteiger partial charge in [-0.05, 0) is 5.92 Å². The van der Waals surface area contributed by atoms with E-state index in [4.69, 9.17) is 21.1 Å². The summed E-state index contributed by atoms with van der Waals surface area (Å²) in [5.74, 6) is -3.17. The molecule has 0 aromatic rings. The molecular weight excluding hydrogens is 282 g/mol. The van der Waals surface area contributed by atoms with Gasteiger partial charge in [0.1, 0.15) is 18.1 Å². The fraction of sp³-hybridized carbons (Fsp3) is 0.750. The second-order valence-corrected chi connectivity index (χ2v) is 4.74. The molecule has 0 fully saturated rings. The molecule has 21 heavy (non-hydrogen) atoms. The molecule has 122 valence electrons. The standard InChI is InChI=1S/C12H23N3O6/c1-3-6(2)9(12(20)21)15-11(19)8(5-17)14-10(18)7(13)4-16/h6-9,16-17H,3-5,13H2,1-2H3,(H,14,18)(H,15,19)(H,20,21). The quantitative estimate of drug-likeness (QED) is 0.272. The van der Waals surface area contributed by atoms with Crippen LogP contribution >= 0.6 is 0 Å². The van der Waals surface area contributed by atoms with Crippen LogP contribution in [-0.4, -0.2) is 64.4 Å². The molecule has 9 heteroatoms. The lowest BCUT2D eigenvalue weighted by atomic mass is 9.99. The maximum absolute atomic E-state index is 11.9. The van der Waals surface area contributed by atoms with E-state index in [2.05, 4.69) is 10.6 Å². The molecule has 0 aliphatic rings. The van der Waals surface area contributed by atoms with Crippen LogP contribution in [0, 0.1) is 5.92 Å². The number of carboxylic acid groups (broad SMARTS) is 1. The number of amides is 2. The van der Waals surface area contributed by atoms with Crippen LogP contribution in [0.1, 0.15) is 20.3 Å². The van der Waals surface area contributed by atoms with Crippen molar-refractivity contribution in [1.82, 2.24) is 10.6 Å². The first-order chi connectivity index (χ1) is 9.78. The van der Waals surface area contributed by atoms with Crippen LogP contribution in [0.3, 0.4) is 0 Å². The first kappa shape index (κ1) is 19.3. The summed E-state index contributed by atoms with van der Waals surface area (Å²) < 4.78 is 0. The van der Waals surface area contributed by atoms with Crippen LogP contribution in [0.15, 0.2) is 0 Å². The third-order valence-corrected chi connectivity index (χ3v) is 3.13. The van der Waals surface area contributed by atoms with Crippen LogP contribution in [-0.2, 0) is 14.4 Å². The molecule has 4 atom stereocenters. The minimum atomic E-state index is -1.33. The molecule has 2 amide bonds. The van der Waals surface area contributed by atoms with E-state index in [1.807, 2.05) is 0 Å². The van der Waals surface area contributed by atoms with Gasteiger partial charge in [-0.2, -0.15) is 0 Å². The van der Waals surface area contributed by atoms with Gasteiger partial charge in [-0.3, -0.25) is 9.59 Å². The van der Waals surface area contributed by atoms with Crippen molar-refractivity contribution < 1.29 is 29.7 Å². The fourth-order valence-electron chi connectivity index (χ4n) is 1.49. The van der Waals surface area contributed by atoms with E-state index in [0.717, 1.165) is 0 Å². The smallest absolute Gasteiger partial charge is 0.326 e. The summed E-state index contributed by atoms with van der Waals surface area (Å²) in [6.45, 7) is 2.10. The molecular formula is C12H23N3O6. The van der Waals surface area contributed by atoms with Crippen LogP contribution in [0.5, 0.6) is 0 Å². The number of hydrogen-bond donors (Lipinski definition) is 6. The number of aliphatic hydroxyl groups is 2. The largest absolute Gasteiger partial charge is 0.480 e. The van der Waals surface area contributed by atoms with Gasteiger partial charge in [-0.1, -0.05) is 20.3 Å². The van der Waals surface area contributed by atoms with Crippen molar-refractivity contribution in [2.24, 2.45) is 11.7 Å². The lowest BCUT2D eigenvalue weighted by Crippen LogP contribution is -2.57.